The molecule has 0 aromatic carbocycles. The molecule has 0 amide bonds. The minimum Gasteiger partial charge on any atom is -0.396 e. The minimum absolute atomic E-state index is 0.284. The Morgan fingerprint density at radius 1 is 1.31 bits per heavy atom. The standard InChI is InChI=1S/C7H12N2OS3/c1-11-6-8-9-7(13-6)12-5-3-2-4-10/h10H,2-5H2,1H3. The first-order chi connectivity index (χ1) is 6.36. The monoisotopic (exact) mass is 236 g/mol. The molecule has 0 saturated carbocycles. The van der Waals surface area contributed by atoms with Gasteiger partial charge in [-0.05, 0) is 19.1 Å². The molecule has 0 radical (unpaired) electrons. The molecule has 0 bridgehead atoms. The highest BCUT2D eigenvalue weighted by Crippen LogP contribution is 2.27. The molecule has 1 rings (SSSR count). The average molecular weight is 236 g/mol. The van der Waals surface area contributed by atoms with Crippen LogP contribution in [0.4, 0.5) is 0 Å². The molecule has 0 fully saturated rings. The van der Waals surface area contributed by atoms with Gasteiger partial charge in [-0.25, -0.2) is 0 Å². The summed E-state index contributed by atoms with van der Waals surface area (Å²) in [6.07, 6.45) is 3.91. The van der Waals surface area contributed by atoms with Gasteiger partial charge in [0.05, 0.1) is 0 Å². The second-order valence-electron chi connectivity index (χ2n) is 2.32. The smallest absolute Gasteiger partial charge is 0.175 e. The zero-order valence-corrected chi connectivity index (χ0v) is 9.84. The lowest BCUT2D eigenvalue weighted by Crippen LogP contribution is -1.84. The van der Waals surface area contributed by atoms with Gasteiger partial charge < -0.3 is 5.11 Å². The predicted molar refractivity (Wildman–Crippen MR) is 58.7 cm³/mol. The molecule has 3 nitrogen and oxygen atoms in total. The highest BCUT2D eigenvalue weighted by Gasteiger charge is 2.02. The molecule has 0 aliphatic rings. The molecule has 1 aromatic heterocycles. The number of aliphatic hydroxyl groups is 1. The number of rotatable bonds is 6. The highest BCUT2D eigenvalue weighted by molar-refractivity contribution is 8.02. The highest BCUT2D eigenvalue weighted by atomic mass is 32.2. The van der Waals surface area contributed by atoms with Crippen LogP contribution in [0, 0.1) is 0 Å². The van der Waals surface area contributed by atoms with Crippen molar-refractivity contribution < 1.29 is 5.11 Å². The van der Waals surface area contributed by atoms with Gasteiger partial charge in [-0.2, -0.15) is 0 Å². The van der Waals surface area contributed by atoms with Crippen LogP contribution >= 0.6 is 34.9 Å². The van der Waals surface area contributed by atoms with Gasteiger partial charge in [0, 0.05) is 12.4 Å². The lowest BCUT2D eigenvalue weighted by atomic mass is 10.4. The summed E-state index contributed by atoms with van der Waals surface area (Å²) in [5, 5.41) is 16.6. The molecule has 13 heavy (non-hydrogen) atoms. The van der Waals surface area contributed by atoms with Crippen molar-refractivity contribution in [2.45, 2.75) is 21.5 Å². The fraction of sp³-hybridized carbons (Fsp3) is 0.714. The van der Waals surface area contributed by atoms with E-state index in [-0.39, 0.29) is 6.61 Å². The van der Waals surface area contributed by atoms with Crippen molar-refractivity contribution in [1.29, 1.82) is 0 Å². The number of hydrogen-bond donors (Lipinski definition) is 1. The molecule has 74 valence electrons. The molecule has 0 saturated heterocycles. The van der Waals surface area contributed by atoms with Crippen molar-refractivity contribution in [3.8, 4) is 0 Å². The lowest BCUT2D eigenvalue weighted by Gasteiger charge is -1.93. The molecule has 0 aliphatic carbocycles. The Labute approximate surface area is 90.3 Å². The minimum atomic E-state index is 0.284. The van der Waals surface area contributed by atoms with Gasteiger partial charge in [-0.3, -0.25) is 0 Å². The molecule has 1 aromatic rings. The van der Waals surface area contributed by atoms with Gasteiger partial charge in [0.1, 0.15) is 0 Å². The normalized spacial score (nSPS) is 10.6. The van der Waals surface area contributed by atoms with Gasteiger partial charge in [-0.1, -0.05) is 34.9 Å². The second-order valence-corrected chi connectivity index (χ2v) is 5.69. The van der Waals surface area contributed by atoms with Crippen LogP contribution in [0.25, 0.3) is 0 Å². The summed E-state index contributed by atoms with van der Waals surface area (Å²) in [5.41, 5.74) is 0. The van der Waals surface area contributed by atoms with E-state index in [1.54, 1.807) is 34.9 Å². The Morgan fingerprint density at radius 3 is 2.69 bits per heavy atom. The summed E-state index contributed by atoms with van der Waals surface area (Å²) >= 11 is 4.97. The molecule has 0 aliphatic heterocycles. The van der Waals surface area contributed by atoms with E-state index in [0.29, 0.717) is 0 Å². The fourth-order valence-electron chi connectivity index (χ4n) is 0.711. The maximum absolute atomic E-state index is 8.57. The Hall–Kier alpha value is 0.220. The molecule has 1 N–H and O–H groups in total. The van der Waals surface area contributed by atoms with Crippen LogP contribution in [0.5, 0.6) is 0 Å². The Bertz CT molecular complexity index is 241. The largest absolute Gasteiger partial charge is 0.396 e. The van der Waals surface area contributed by atoms with Gasteiger partial charge in [0.15, 0.2) is 8.68 Å². The third kappa shape index (κ3) is 4.30. The van der Waals surface area contributed by atoms with E-state index in [9.17, 15) is 0 Å². The average Bonchev–Trinajstić information content (AvgIpc) is 2.60. The number of thioether (sulfide) groups is 2. The summed E-state index contributed by atoms with van der Waals surface area (Å²) < 4.78 is 2.05. The second kappa shape index (κ2) is 6.64. The zero-order chi connectivity index (χ0) is 9.52. The maximum Gasteiger partial charge on any atom is 0.175 e. The third-order valence-corrected chi connectivity index (χ3v) is 4.46. The van der Waals surface area contributed by atoms with Crippen molar-refractivity contribution in [2.24, 2.45) is 0 Å². The number of aromatic nitrogens is 2. The number of nitrogens with zero attached hydrogens (tertiary/aromatic N) is 2. The topological polar surface area (TPSA) is 46.0 Å². The van der Waals surface area contributed by atoms with Crippen molar-refractivity contribution in [1.82, 2.24) is 10.2 Å². The molecular weight excluding hydrogens is 224 g/mol. The summed E-state index contributed by atoms with van der Waals surface area (Å²) in [7, 11) is 0. The zero-order valence-electron chi connectivity index (χ0n) is 7.39. The molecule has 0 unspecified atom stereocenters. The van der Waals surface area contributed by atoms with E-state index in [1.807, 2.05) is 6.26 Å². The molecule has 0 spiro atoms. The summed E-state index contributed by atoms with van der Waals surface area (Å²) in [6.45, 7) is 0.284. The molecule has 0 atom stereocenters. The first kappa shape index (κ1) is 11.3. The predicted octanol–water partition coefficient (Wildman–Crippen LogP) is 2.12. The van der Waals surface area contributed by atoms with Crippen LogP contribution in [0.15, 0.2) is 8.68 Å². The van der Waals surface area contributed by atoms with E-state index in [2.05, 4.69) is 10.2 Å². The number of hydrogen-bond acceptors (Lipinski definition) is 6. The first-order valence-electron chi connectivity index (χ1n) is 3.98. The molecular formula is C7H12N2OS3. The van der Waals surface area contributed by atoms with E-state index in [4.69, 9.17) is 5.11 Å². The van der Waals surface area contributed by atoms with Crippen molar-refractivity contribution >= 4 is 34.9 Å². The molecule has 1 heterocycles. The number of unbranched alkanes of at least 4 members (excludes halogenated alkanes) is 1. The van der Waals surface area contributed by atoms with Crippen LogP contribution in [0.2, 0.25) is 0 Å². The number of aliphatic hydroxyl groups excluding tert-OH is 1. The van der Waals surface area contributed by atoms with Gasteiger partial charge in [0.2, 0.25) is 0 Å². The maximum atomic E-state index is 8.57. The van der Waals surface area contributed by atoms with Crippen LogP contribution in [-0.2, 0) is 0 Å². The summed E-state index contributed by atoms with van der Waals surface area (Å²) in [6, 6.07) is 0. The van der Waals surface area contributed by atoms with Crippen LogP contribution < -0.4 is 0 Å². The van der Waals surface area contributed by atoms with Gasteiger partial charge >= 0.3 is 0 Å². The van der Waals surface area contributed by atoms with E-state index >= 15 is 0 Å². The van der Waals surface area contributed by atoms with Gasteiger partial charge in [-0.15, -0.1) is 10.2 Å². The van der Waals surface area contributed by atoms with Gasteiger partial charge in [0.25, 0.3) is 0 Å². The van der Waals surface area contributed by atoms with Crippen molar-refractivity contribution in [3.05, 3.63) is 0 Å². The van der Waals surface area contributed by atoms with E-state index in [1.165, 1.54) is 0 Å². The first-order valence-corrected chi connectivity index (χ1v) is 7.00. The third-order valence-electron chi connectivity index (χ3n) is 1.34. The van der Waals surface area contributed by atoms with Crippen LogP contribution in [-0.4, -0.2) is 33.9 Å². The summed E-state index contributed by atoms with van der Waals surface area (Å²) in [5.74, 6) is 1.02. The SMILES string of the molecule is CSc1nnc(SCCCCO)s1. The summed E-state index contributed by atoms with van der Waals surface area (Å²) in [4.78, 5) is 0. The van der Waals surface area contributed by atoms with Crippen molar-refractivity contribution in [2.75, 3.05) is 18.6 Å². The fourth-order valence-corrected chi connectivity index (χ4v) is 3.22. The Morgan fingerprint density at radius 2 is 2.08 bits per heavy atom. The van der Waals surface area contributed by atoms with E-state index < -0.39 is 0 Å². The van der Waals surface area contributed by atoms with Crippen LogP contribution in [0.3, 0.4) is 0 Å². The lowest BCUT2D eigenvalue weighted by molar-refractivity contribution is 0.287. The van der Waals surface area contributed by atoms with E-state index in [0.717, 1.165) is 27.3 Å². The quantitative estimate of drug-likeness (QED) is 0.605. The molecule has 6 heteroatoms. The van der Waals surface area contributed by atoms with Crippen LogP contribution in [0.1, 0.15) is 12.8 Å². The Kier molecular flexibility index (Phi) is 5.77. The van der Waals surface area contributed by atoms with Crippen molar-refractivity contribution in [3.63, 3.8) is 0 Å². The Balaban J connectivity index is 2.20.